The van der Waals surface area contributed by atoms with E-state index in [1.165, 1.54) is 5.56 Å². The van der Waals surface area contributed by atoms with E-state index in [1.54, 1.807) is 24.3 Å². The van der Waals surface area contributed by atoms with Crippen molar-refractivity contribution < 1.29 is 13.2 Å². The van der Waals surface area contributed by atoms with Crippen LogP contribution in [0.3, 0.4) is 0 Å². The number of nitrogens with one attached hydrogen (secondary N) is 2. The van der Waals surface area contributed by atoms with Crippen LogP contribution >= 0.6 is 0 Å². The monoisotopic (exact) mass is 449 g/mol. The molecule has 0 aliphatic carbocycles. The van der Waals surface area contributed by atoms with E-state index in [0.717, 1.165) is 24.2 Å². The molecule has 0 saturated carbocycles. The van der Waals surface area contributed by atoms with Crippen molar-refractivity contribution >= 4 is 33.0 Å². The highest BCUT2D eigenvalue weighted by molar-refractivity contribution is 7.92. The number of nitrogens with zero attached hydrogens (tertiary/aromatic N) is 1. The average molecular weight is 450 g/mol. The molecule has 6 nitrogen and oxygen atoms in total. The van der Waals surface area contributed by atoms with E-state index in [4.69, 9.17) is 0 Å². The molecular formula is C25H27N3O3S. The summed E-state index contributed by atoms with van der Waals surface area (Å²) in [4.78, 5) is 15.6. The van der Waals surface area contributed by atoms with E-state index in [-0.39, 0.29) is 11.7 Å². The second-order valence-corrected chi connectivity index (χ2v) is 9.71. The summed E-state index contributed by atoms with van der Waals surface area (Å²) >= 11 is 0. The molecule has 4 rings (SSSR count). The number of benzene rings is 3. The van der Waals surface area contributed by atoms with Crippen molar-refractivity contribution in [2.24, 2.45) is 0 Å². The van der Waals surface area contributed by atoms with E-state index < -0.39 is 16.1 Å². The third-order valence-electron chi connectivity index (χ3n) is 5.50. The predicted molar refractivity (Wildman–Crippen MR) is 129 cm³/mol. The molecule has 0 spiro atoms. The van der Waals surface area contributed by atoms with Crippen LogP contribution in [0.5, 0.6) is 0 Å². The normalized spacial score (nSPS) is 14.0. The van der Waals surface area contributed by atoms with Crippen molar-refractivity contribution in [3.8, 4) is 0 Å². The Morgan fingerprint density at radius 3 is 2.31 bits per heavy atom. The van der Waals surface area contributed by atoms with E-state index in [9.17, 15) is 13.2 Å². The Morgan fingerprint density at radius 1 is 0.938 bits per heavy atom. The third kappa shape index (κ3) is 4.94. The Hall–Kier alpha value is -3.32. The first-order valence-electron chi connectivity index (χ1n) is 10.8. The minimum absolute atomic E-state index is 0.0710. The van der Waals surface area contributed by atoms with Crippen LogP contribution in [0.1, 0.15) is 30.5 Å². The molecule has 1 atom stereocenters. The zero-order valence-electron chi connectivity index (χ0n) is 18.0. The first-order chi connectivity index (χ1) is 15.5. The van der Waals surface area contributed by atoms with Crippen molar-refractivity contribution in [2.45, 2.75) is 25.8 Å². The Morgan fingerprint density at radius 2 is 1.59 bits per heavy atom. The molecule has 0 aromatic heterocycles. The maximum atomic E-state index is 13.4. The van der Waals surface area contributed by atoms with Crippen LogP contribution in [0, 0.1) is 0 Å². The number of para-hydroxylation sites is 1. The van der Waals surface area contributed by atoms with Crippen LogP contribution in [-0.4, -0.2) is 26.6 Å². The summed E-state index contributed by atoms with van der Waals surface area (Å²) in [5.41, 5.74) is 4.33. The Bertz CT molecular complexity index is 1180. The van der Waals surface area contributed by atoms with Crippen LogP contribution in [0.2, 0.25) is 0 Å². The molecule has 3 aromatic carbocycles. The number of hydrogen-bond acceptors (Lipinski definition) is 4. The highest BCUT2D eigenvalue weighted by atomic mass is 32.2. The van der Waals surface area contributed by atoms with Gasteiger partial charge in [-0.15, -0.1) is 0 Å². The molecule has 0 bridgehead atoms. The summed E-state index contributed by atoms with van der Waals surface area (Å²) in [7, 11) is -3.35. The number of rotatable bonds is 8. The molecule has 2 N–H and O–H groups in total. The van der Waals surface area contributed by atoms with Gasteiger partial charge in [0.25, 0.3) is 5.91 Å². The van der Waals surface area contributed by atoms with Gasteiger partial charge in [0.2, 0.25) is 10.0 Å². The molecule has 32 heavy (non-hydrogen) atoms. The molecule has 1 unspecified atom stereocenters. The quantitative estimate of drug-likeness (QED) is 0.528. The Balaban J connectivity index is 1.55. The summed E-state index contributed by atoms with van der Waals surface area (Å²) in [6.07, 6.45) is 1.45. The van der Waals surface area contributed by atoms with Crippen molar-refractivity contribution in [3.63, 3.8) is 0 Å². The van der Waals surface area contributed by atoms with Crippen LogP contribution in [0.25, 0.3) is 0 Å². The third-order valence-corrected chi connectivity index (χ3v) is 6.99. The predicted octanol–water partition coefficient (Wildman–Crippen LogP) is 4.58. The van der Waals surface area contributed by atoms with Crippen molar-refractivity contribution in [1.82, 2.24) is 0 Å². The smallest absolute Gasteiger partial charge is 0.251 e. The number of carbonyl (C=O) groups is 1. The number of sulfonamides is 1. The highest BCUT2D eigenvalue weighted by Crippen LogP contribution is 2.35. The lowest BCUT2D eigenvalue weighted by molar-refractivity contribution is -0.117. The highest BCUT2D eigenvalue weighted by Gasteiger charge is 2.32. The SMILES string of the molecule is CCCS(=O)(=O)Nc1ccc(NC(=O)C(c2ccccc2)N2CCc3ccccc32)cc1. The van der Waals surface area contributed by atoms with E-state index in [1.807, 2.05) is 49.4 Å². The first kappa shape index (κ1) is 21.9. The summed E-state index contributed by atoms with van der Waals surface area (Å²) < 4.78 is 26.5. The summed E-state index contributed by atoms with van der Waals surface area (Å²) in [6, 6.07) is 24.2. The van der Waals surface area contributed by atoms with E-state index in [0.29, 0.717) is 17.8 Å². The van der Waals surface area contributed by atoms with Gasteiger partial charge < -0.3 is 10.2 Å². The van der Waals surface area contributed by atoms with Gasteiger partial charge in [-0.3, -0.25) is 9.52 Å². The average Bonchev–Trinajstić information content (AvgIpc) is 3.20. The lowest BCUT2D eigenvalue weighted by Crippen LogP contribution is -2.36. The van der Waals surface area contributed by atoms with E-state index >= 15 is 0 Å². The van der Waals surface area contributed by atoms with Gasteiger partial charge >= 0.3 is 0 Å². The van der Waals surface area contributed by atoms with Gasteiger partial charge in [-0.05, 0) is 54.3 Å². The van der Waals surface area contributed by atoms with Gasteiger partial charge in [0, 0.05) is 23.6 Å². The van der Waals surface area contributed by atoms with Crippen LogP contribution in [0.15, 0.2) is 78.9 Å². The van der Waals surface area contributed by atoms with Crippen molar-refractivity contribution in [1.29, 1.82) is 0 Å². The molecular weight excluding hydrogens is 422 g/mol. The fourth-order valence-corrected chi connectivity index (χ4v) is 5.21. The second kappa shape index (κ2) is 9.44. The first-order valence-corrected chi connectivity index (χ1v) is 12.4. The number of hydrogen-bond donors (Lipinski definition) is 2. The molecule has 3 aromatic rings. The minimum atomic E-state index is -3.35. The lowest BCUT2D eigenvalue weighted by atomic mass is 10.0. The largest absolute Gasteiger partial charge is 0.355 e. The van der Waals surface area contributed by atoms with Crippen LogP contribution in [0.4, 0.5) is 17.1 Å². The molecule has 1 amide bonds. The fourth-order valence-electron chi connectivity index (χ4n) is 4.07. The molecule has 0 radical (unpaired) electrons. The van der Waals surface area contributed by atoms with Crippen LogP contribution in [-0.2, 0) is 21.2 Å². The van der Waals surface area contributed by atoms with Crippen molar-refractivity contribution in [2.75, 3.05) is 27.2 Å². The van der Waals surface area contributed by atoms with Gasteiger partial charge in [0.15, 0.2) is 0 Å². The molecule has 7 heteroatoms. The van der Waals surface area contributed by atoms with Gasteiger partial charge in [-0.25, -0.2) is 8.42 Å². The topological polar surface area (TPSA) is 78.5 Å². The van der Waals surface area contributed by atoms with Gasteiger partial charge in [-0.2, -0.15) is 0 Å². The Kier molecular flexibility index (Phi) is 6.46. The minimum Gasteiger partial charge on any atom is -0.355 e. The zero-order valence-corrected chi connectivity index (χ0v) is 18.8. The number of amides is 1. The van der Waals surface area contributed by atoms with E-state index in [2.05, 4.69) is 27.1 Å². The van der Waals surface area contributed by atoms with Gasteiger partial charge in [0.1, 0.15) is 6.04 Å². The molecule has 0 fully saturated rings. The summed E-state index contributed by atoms with van der Waals surface area (Å²) in [5.74, 6) is -0.0612. The molecule has 166 valence electrons. The summed E-state index contributed by atoms with van der Waals surface area (Å²) in [5, 5.41) is 3.01. The lowest BCUT2D eigenvalue weighted by Gasteiger charge is -2.30. The van der Waals surface area contributed by atoms with Crippen molar-refractivity contribution in [3.05, 3.63) is 90.0 Å². The fraction of sp³-hybridized carbons (Fsp3) is 0.240. The Labute approximate surface area is 189 Å². The maximum absolute atomic E-state index is 13.4. The molecule has 1 heterocycles. The molecule has 1 aliphatic rings. The number of carbonyl (C=O) groups excluding carboxylic acids is 1. The van der Waals surface area contributed by atoms with Crippen LogP contribution < -0.4 is 14.9 Å². The van der Waals surface area contributed by atoms with Gasteiger partial charge in [0.05, 0.1) is 5.75 Å². The molecule has 1 aliphatic heterocycles. The maximum Gasteiger partial charge on any atom is 0.251 e. The standard InChI is InChI=1S/C25H27N3O3S/c1-2-18-32(30,31)27-22-14-12-21(13-15-22)26-25(29)24(20-9-4-3-5-10-20)28-17-16-19-8-6-7-11-23(19)28/h3-15,24,27H,2,16-18H2,1H3,(H,26,29). The second-order valence-electron chi connectivity index (χ2n) is 7.87. The number of fused-ring (bicyclic) bond motifs is 1. The number of anilines is 3. The summed E-state index contributed by atoms with van der Waals surface area (Å²) in [6.45, 7) is 2.59. The molecule has 0 saturated heterocycles. The van der Waals surface area contributed by atoms with Gasteiger partial charge in [-0.1, -0.05) is 55.5 Å². The zero-order chi connectivity index (χ0) is 22.6.